The fourth-order valence-corrected chi connectivity index (χ4v) is 9.27. The minimum Gasteiger partial charge on any atom is -0.299 e. The zero-order valence-corrected chi connectivity index (χ0v) is 17.1. The van der Waals surface area contributed by atoms with Crippen LogP contribution < -0.4 is 4.72 Å². The molecule has 4 rings (SSSR count). The van der Waals surface area contributed by atoms with Crippen LogP contribution in [-0.2, 0) is 14.8 Å². The lowest BCUT2D eigenvalue weighted by atomic mass is 9.69. The van der Waals surface area contributed by atoms with Gasteiger partial charge in [-0.05, 0) is 60.2 Å². The Bertz CT molecular complexity index is 725. The van der Waals surface area contributed by atoms with Crippen molar-refractivity contribution < 1.29 is 13.2 Å². The molecule has 4 aliphatic rings. The van der Waals surface area contributed by atoms with Crippen molar-refractivity contribution in [3.05, 3.63) is 0 Å². The number of carbonyl (C=O) groups excluding carboxylic acids is 1. The second kappa shape index (κ2) is 4.89. The third-order valence-corrected chi connectivity index (χ3v) is 11.2. The number of Topliss-reactive ketones (excluding diaryl/α,β-unsaturated/α-hetero) is 1. The van der Waals surface area contributed by atoms with E-state index in [1.807, 2.05) is 0 Å². The molecule has 4 saturated carbocycles. The van der Waals surface area contributed by atoms with Crippen LogP contribution in [0.5, 0.6) is 0 Å². The highest BCUT2D eigenvalue weighted by Crippen LogP contribution is 2.66. The number of hydrogen-bond acceptors (Lipinski definition) is 3. The van der Waals surface area contributed by atoms with Gasteiger partial charge in [-0.2, -0.15) is 0 Å². The van der Waals surface area contributed by atoms with E-state index in [9.17, 15) is 13.2 Å². The first-order chi connectivity index (χ1) is 11.4. The molecule has 0 spiro atoms. The van der Waals surface area contributed by atoms with Gasteiger partial charge in [0.05, 0.1) is 5.75 Å². The highest BCUT2D eigenvalue weighted by molar-refractivity contribution is 7.89. The summed E-state index contributed by atoms with van der Waals surface area (Å²) in [5, 5.41) is 0. The van der Waals surface area contributed by atoms with Gasteiger partial charge in [0.15, 0.2) is 0 Å². The molecule has 4 aliphatic carbocycles. The number of fused-ring (bicyclic) bond motifs is 4. The lowest BCUT2D eigenvalue weighted by molar-refractivity contribution is -0.128. The van der Waals surface area contributed by atoms with Crippen molar-refractivity contribution >= 4 is 15.8 Å². The quantitative estimate of drug-likeness (QED) is 0.827. The third-order valence-electron chi connectivity index (χ3n) is 9.69. The van der Waals surface area contributed by atoms with Gasteiger partial charge in [-0.1, -0.05) is 34.6 Å². The van der Waals surface area contributed by atoms with Crippen molar-refractivity contribution in [2.24, 2.45) is 33.5 Å². The number of ketones is 1. The molecular formula is C20H33NO3S. The Balaban J connectivity index is 1.57. The predicted molar refractivity (Wildman–Crippen MR) is 98.5 cm³/mol. The van der Waals surface area contributed by atoms with Gasteiger partial charge in [-0.3, -0.25) is 4.79 Å². The number of hydrogen-bond donors (Lipinski definition) is 1. The van der Waals surface area contributed by atoms with Crippen LogP contribution in [0.4, 0.5) is 0 Å². The summed E-state index contributed by atoms with van der Waals surface area (Å²) in [6, 6.07) is 0.0134. The fourth-order valence-electron chi connectivity index (χ4n) is 7.07. The molecule has 0 unspecified atom stereocenters. The van der Waals surface area contributed by atoms with E-state index >= 15 is 0 Å². The molecule has 0 heterocycles. The van der Waals surface area contributed by atoms with Crippen LogP contribution in [0.15, 0.2) is 0 Å². The predicted octanol–water partition coefficient (Wildman–Crippen LogP) is 3.52. The Morgan fingerprint density at radius 1 is 1.00 bits per heavy atom. The molecule has 4 fully saturated rings. The van der Waals surface area contributed by atoms with Crippen molar-refractivity contribution in [2.75, 3.05) is 5.75 Å². The van der Waals surface area contributed by atoms with Gasteiger partial charge in [-0.25, -0.2) is 13.1 Å². The van der Waals surface area contributed by atoms with Crippen LogP contribution in [0.3, 0.4) is 0 Å². The van der Waals surface area contributed by atoms with Crippen LogP contribution in [0.2, 0.25) is 0 Å². The second-order valence-corrected chi connectivity index (χ2v) is 12.5. The average molecular weight is 368 g/mol. The van der Waals surface area contributed by atoms with Crippen molar-refractivity contribution in [3.63, 3.8) is 0 Å². The summed E-state index contributed by atoms with van der Waals surface area (Å²) in [7, 11) is -3.48. The van der Waals surface area contributed by atoms with Crippen molar-refractivity contribution in [2.45, 2.75) is 79.2 Å². The summed E-state index contributed by atoms with van der Waals surface area (Å²) in [4.78, 5) is 12.7. The van der Waals surface area contributed by atoms with Crippen molar-refractivity contribution in [1.29, 1.82) is 0 Å². The van der Waals surface area contributed by atoms with Crippen LogP contribution in [0.25, 0.3) is 0 Å². The van der Waals surface area contributed by atoms with Gasteiger partial charge < -0.3 is 0 Å². The highest BCUT2D eigenvalue weighted by atomic mass is 32.2. The first-order valence-electron chi connectivity index (χ1n) is 9.89. The second-order valence-electron chi connectivity index (χ2n) is 10.7. The highest BCUT2D eigenvalue weighted by Gasteiger charge is 2.66. The van der Waals surface area contributed by atoms with Gasteiger partial charge in [0.2, 0.25) is 10.0 Å². The number of carbonyl (C=O) groups is 1. The van der Waals surface area contributed by atoms with E-state index in [2.05, 4.69) is 39.3 Å². The first kappa shape index (κ1) is 18.0. The molecule has 0 radical (unpaired) electrons. The van der Waals surface area contributed by atoms with Gasteiger partial charge >= 0.3 is 0 Å². The van der Waals surface area contributed by atoms with Crippen LogP contribution in [0.1, 0.15) is 73.1 Å². The molecular weight excluding hydrogens is 334 g/mol. The maximum atomic E-state index is 13.1. The Morgan fingerprint density at radius 2 is 1.64 bits per heavy atom. The molecule has 1 N–H and O–H groups in total. The van der Waals surface area contributed by atoms with Gasteiger partial charge in [0.25, 0.3) is 0 Å². The molecule has 5 atom stereocenters. The normalized spacial score (nSPS) is 46.9. The zero-order chi connectivity index (χ0) is 18.5. The maximum Gasteiger partial charge on any atom is 0.212 e. The van der Waals surface area contributed by atoms with E-state index in [0.717, 1.165) is 25.7 Å². The minimum atomic E-state index is -3.48. The van der Waals surface area contributed by atoms with Gasteiger partial charge in [0, 0.05) is 17.9 Å². The topological polar surface area (TPSA) is 63.2 Å². The summed E-state index contributed by atoms with van der Waals surface area (Å²) >= 11 is 0. The molecule has 142 valence electrons. The van der Waals surface area contributed by atoms with E-state index < -0.39 is 15.4 Å². The third kappa shape index (κ3) is 2.08. The number of rotatable bonds is 4. The number of sulfonamides is 1. The van der Waals surface area contributed by atoms with E-state index in [0.29, 0.717) is 18.3 Å². The molecule has 25 heavy (non-hydrogen) atoms. The SMILES string of the molecule is CC1(C)[C@H]2CC[C@@]1(CS(=O)(=O)N[C@@H]1C[C@H]3CC[C@@]1(C)C3(C)C)C(=O)C2. The van der Waals surface area contributed by atoms with Crippen LogP contribution >= 0.6 is 0 Å². The summed E-state index contributed by atoms with van der Waals surface area (Å²) in [6.45, 7) is 11.0. The number of nitrogens with one attached hydrogen (secondary N) is 1. The minimum absolute atomic E-state index is 0.0134. The molecule has 0 aromatic carbocycles. The van der Waals surface area contributed by atoms with E-state index in [-0.39, 0.29) is 33.8 Å². The summed E-state index contributed by atoms with van der Waals surface area (Å²) < 4.78 is 29.3. The Hall–Kier alpha value is -0.420. The van der Waals surface area contributed by atoms with Gasteiger partial charge in [-0.15, -0.1) is 0 Å². The Labute approximate surface area is 152 Å². The Kier molecular flexibility index (Phi) is 3.51. The van der Waals surface area contributed by atoms with Gasteiger partial charge in [0.1, 0.15) is 5.78 Å². The molecule has 5 heteroatoms. The van der Waals surface area contributed by atoms with Crippen molar-refractivity contribution in [3.8, 4) is 0 Å². The Morgan fingerprint density at radius 3 is 2.08 bits per heavy atom. The average Bonchev–Trinajstić information content (AvgIpc) is 2.98. The van der Waals surface area contributed by atoms with E-state index in [1.165, 1.54) is 6.42 Å². The molecule has 0 saturated heterocycles. The summed E-state index contributed by atoms with van der Waals surface area (Å²) in [5.41, 5.74) is -0.663. The van der Waals surface area contributed by atoms with E-state index in [1.54, 1.807) is 0 Å². The van der Waals surface area contributed by atoms with Crippen LogP contribution in [0, 0.1) is 33.5 Å². The lowest BCUT2D eigenvalue weighted by Gasteiger charge is -2.40. The van der Waals surface area contributed by atoms with E-state index in [4.69, 9.17) is 0 Å². The van der Waals surface area contributed by atoms with Crippen molar-refractivity contribution in [1.82, 2.24) is 4.72 Å². The molecule has 0 amide bonds. The monoisotopic (exact) mass is 367 g/mol. The lowest BCUT2D eigenvalue weighted by Crippen LogP contribution is -2.51. The largest absolute Gasteiger partial charge is 0.299 e. The fraction of sp³-hybridized carbons (Fsp3) is 0.950. The molecule has 0 aromatic rings. The first-order valence-corrected chi connectivity index (χ1v) is 11.5. The zero-order valence-electron chi connectivity index (χ0n) is 16.3. The molecule has 4 bridgehead atoms. The standard InChI is InChI=1S/C20H33NO3S/c1-17(2)13-6-8-19(17,5)15(10-13)21-25(23,24)12-20-9-7-14(11-16(20)22)18(20,3)4/h13-15,21H,6-12H2,1-5H3/t13-,14+,15-,19-,20-/m1/s1. The molecule has 0 aromatic heterocycles. The maximum absolute atomic E-state index is 13.1. The smallest absolute Gasteiger partial charge is 0.212 e. The molecule has 4 nitrogen and oxygen atoms in total. The summed E-state index contributed by atoms with van der Waals surface area (Å²) in [5.74, 6) is 1.12. The molecule has 0 aliphatic heterocycles. The summed E-state index contributed by atoms with van der Waals surface area (Å²) in [6.07, 6.45) is 5.54. The van der Waals surface area contributed by atoms with Crippen LogP contribution in [-0.4, -0.2) is 26.0 Å².